The molecule has 1 aromatic heterocycles. The molecular formula is C14H19N3OS. The van der Waals surface area contributed by atoms with Crippen LogP contribution < -0.4 is 16.0 Å². The van der Waals surface area contributed by atoms with Crippen LogP contribution >= 0.6 is 11.3 Å². The maximum absolute atomic E-state index is 5.75. The highest BCUT2D eigenvalue weighted by molar-refractivity contribution is 7.09. The van der Waals surface area contributed by atoms with Gasteiger partial charge in [-0.2, -0.15) is 0 Å². The third-order valence-electron chi connectivity index (χ3n) is 3.43. The molecule has 19 heavy (non-hydrogen) atoms. The summed E-state index contributed by atoms with van der Waals surface area (Å²) in [6, 6.07) is 4.06. The highest BCUT2D eigenvalue weighted by atomic mass is 32.1. The van der Waals surface area contributed by atoms with Crippen LogP contribution in [0.15, 0.2) is 17.6 Å². The van der Waals surface area contributed by atoms with Crippen molar-refractivity contribution < 1.29 is 4.74 Å². The number of thiazole rings is 1. The van der Waals surface area contributed by atoms with Gasteiger partial charge in [-0.25, -0.2) is 10.4 Å². The Bertz CT molecular complexity index is 580. The van der Waals surface area contributed by atoms with Crippen molar-refractivity contribution in [2.24, 2.45) is 5.84 Å². The fourth-order valence-corrected chi connectivity index (χ4v) is 3.08. The van der Waals surface area contributed by atoms with Crippen LogP contribution in [-0.2, 0) is 0 Å². The first kappa shape index (κ1) is 14.0. The predicted molar refractivity (Wildman–Crippen MR) is 78.5 cm³/mol. The van der Waals surface area contributed by atoms with E-state index in [1.54, 1.807) is 18.4 Å². The van der Waals surface area contributed by atoms with Crippen LogP contribution in [0, 0.1) is 20.8 Å². The van der Waals surface area contributed by atoms with Crippen LogP contribution in [0.5, 0.6) is 5.75 Å². The highest BCUT2D eigenvalue weighted by Gasteiger charge is 2.22. The van der Waals surface area contributed by atoms with Crippen molar-refractivity contribution in [3.8, 4) is 5.75 Å². The molecule has 1 unspecified atom stereocenters. The van der Waals surface area contributed by atoms with Crippen molar-refractivity contribution >= 4 is 11.3 Å². The number of ether oxygens (including phenoxy) is 1. The van der Waals surface area contributed by atoms with Crippen molar-refractivity contribution in [1.29, 1.82) is 0 Å². The van der Waals surface area contributed by atoms with Crippen molar-refractivity contribution in [1.82, 2.24) is 10.4 Å². The average Bonchev–Trinajstić information content (AvgIpc) is 2.81. The number of hydrogen-bond acceptors (Lipinski definition) is 5. The molecule has 0 aliphatic heterocycles. The summed E-state index contributed by atoms with van der Waals surface area (Å²) in [6.07, 6.45) is 0. The van der Waals surface area contributed by atoms with Crippen molar-refractivity contribution in [2.75, 3.05) is 7.11 Å². The number of aromatic nitrogens is 1. The number of methoxy groups -OCH3 is 1. The molecule has 0 saturated carbocycles. The summed E-state index contributed by atoms with van der Waals surface area (Å²) >= 11 is 1.60. The van der Waals surface area contributed by atoms with Gasteiger partial charge in [-0.3, -0.25) is 5.84 Å². The largest absolute Gasteiger partial charge is 0.496 e. The second-order valence-corrected chi connectivity index (χ2v) is 5.42. The van der Waals surface area contributed by atoms with Crippen LogP contribution in [0.3, 0.4) is 0 Å². The molecule has 2 rings (SSSR count). The topological polar surface area (TPSA) is 60.2 Å². The Morgan fingerprint density at radius 1 is 1.32 bits per heavy atom. The lowest BCUT2D eigenvalue weighted by Crippen LogP contribution is -2.29. The maximum atomic E-state index is 5.75. The van der Waals surface area contributed by atoms with Crippen LogP contribution in [-0.4, -0.2) is 12.1 Å². The molecule has 0 radical (unpaired) electrons. The van der Waals surface area contributed by atoms with E-state index in [1.807, 2.05) is 12.4 Å². The van der Waals surface area contributed by atoms with Gasteiger partial charge < -0.3 is 4.74 Å². The van der Waals surface area contributed by atoms with Crippen LogP contribution in [0.25, 0.3) is 0 Å². The van der Waals surface area contributed by atoms with Gasteiger partial charge in [0.15, 0.2) is 0 Å². The van der Waals surface area contributed by atoms with E-state index in [0.717, 1.165) is 27.4 Å². The number of rotatable bonds is 4. The van der Waals surface area contributed by atoms with Gasteiger partial charge in [0.2, 0.25) is 0 Å². The zero-order valence-corrected chi connectivity index (χ0v) is 12.5. The molecule has 4 nitrogen and oxygen atoms in total. The Morgan fingerprint density at radius 2 is 2.05 bits per heavy atom. The summed E-state index contributed by atoms with van der Waals surface area (Å²) in [4.78, 5) is 5.40. The van der Waals surface area contributed by atoms with E-state index < -0.39 is 0 Å². The molecule has 1 heterocycles. The van der Waals surface area contributed by atoms with Crippen LogP contribution in [0.1, 0.15) is 33.3 Å². The van der Waals surface area contributed by atoms with Gasteiger partial charge in [0.05, 0.1) is 29.2 Å². The Labute approximate surface area is 117 Å². The second kappa shape index (κ2) is 5.69. The first-order valence-corrected chi connectivity index (χ1v) is 6.98. The minimum atomic E-state index is -0.0956. The third kappa shape index (κ3) is 2.49. The first-order chi connectivity index (χ1) is 9.10. The molecule has 2 aromatic rings. The third-order valence-corrected chi connectivity index (χ3v) is 4.43. The van der Waals surface area contributed by atoms with Gasteiger partial charge in [-0.15, -0.1) is 11.3 Å². The smallest absolute Gasteiger partial charge is 0.127 e. The van der Waals surface area contributed by atoms with E-state index in [9.17, 15) is 0 Å². The van der Waals surface area contributed by atoms with Crippen molar-refractivity contribution in [3.05, 3.63) is 44.9 Å². The van der Waals surface area contributed by atoms with E-state index in [4.69, 9.17) is 10.6 Å². The molecule has 0 bridgehead atoms. The number of hydrazine groups is 1. The minimum absolute atomic E-state index is 0.0956. The van der Waals surface area contributed by atoms with Gasteiger partial charge in [0.1, 0.15) is 5.75 Å². The number of benzene rings is 1. The van der Waals surface area contributed by atoms with E-state index in [2.05, 4.69) is 36.4 Å². The molecule has 0 fully saturated rings. The highest BCUT2D eigenvalue weighted by Crippen LogP contribution is 2.36. The fourth-order valence-electron chi connectivity index (χ4n) is 2.20. The van der Waals surface area contributed by atoms with Gasteiger partial charge >= 0.3 is 0 Å². The molecule has 0 aliphatic carbocycles. The summed E-state index contributed by atoms with van der Waals surface area (Å²) in [5.74, 6) is 6.63. The van der Waals surface area contributed by atoms with Gasteiger partial charge in [-0.05, 0) is 31.9 Å². The number of hydrogen-bond donors (Lipinski definition) is 2. The Balaban J connectivity index is 2.56. The maximum Gasteiger partial charge on any atom is 0.127 e. The molecule has 1 aromatic carbocycles. The van der Waals surface area contributed by atoms with Gasteiger partial charge in [-0.1, -0.05) is 12.1 Å². The Hall–Kier alpha value is -1.43. The Kier molecular flexibility index (Phi) is 4.19. The zero-order valence-electron chi connectivity index (χ0n) is 11.7. The van der Waals surface area contributed by atoms with E-state index in [0.29, 0.717) is 0 Å². The zero-order chi connectivity index (χ0) is 14.0. The van der Waals surface area contributed by atoms with E-state index >= 15 is 0 Å². The lowest BCUT2D eigenvalue weighted by Gasteiger charge is -2.20. The molecule has 5 heteroatoms. The van der Waals surface area contributed by atoms with Gasteiger partial charge in [0.25, 0.3) is 0 Å². The SMILES string of the molecule is COc1c(C(NN)c2scnc2C)ccc(C)c1C. The fraction of sp³-hybridized carbons (Fsp3) is 0.357. The predicted octanol–water partition coefficient (Wildman–Crippen LogP) is 2.63. The first-order valence-electron chi connectivity index (χ1n) is 6.10. The van der Waals surface area contributed by atoms with E-state index in [-0.39, 0.29) is 6.04 Å². The van der Waals surface area contributed by atoms with Crippen molar-refractivity contribution in [2.45, 2.75) is 26.8 Å². The number of nitrogens with two attached hydrogens (primary N) is 1. The van der Waals surface area contributed by atoms with Crippen LogP contribution in [0.2, 0.25) is 0 Å². The normalized spacial score (nSPS) is 12.5. The van der Waals surface area contributed by atoms with Crippen molar-refractivity contribution in [3.63, 3.8) is 0 Å². The lowest BCUT2D eigenvalue weighted by atomic mass is 9.98. The average molecular weight is 277 g/mol. The summed E-state index contributed by atoms with van der Waals surface area (Å²) in [7, 11) is 1.69. The molecule has 3 N–H and O–H groups in total. The number of nitrogens with zero attached hydrogens (tertiary/aromatic N) is 1. The summed E-state index contributed by atoms with van der Waals surface area (Å²) in [6.45, 7) is 6.12. The molecule has 1 atom stereocenters. The molecule has 0 saturated heterocycles. The minimum Gasteiger partial charge on any atom is -0.496 e. The lowest BCUT2D eigenvalue weighted by molar-refractivity contribution is 0.401. The second-order valence-electron chi connectivity index (χ2n) is 4.53. The van der Waals surface area contributed by atoms with Crippen LogP contribution in [0.4, 0.5) is 0 Å². The molecule has 102 valence electrons. The molecule has 0 amide bonds. The number of nitrogens with one attached hydrogen (secondary N) is 1. The monoisotopic (exact) mass is 277 g/mol. The Morgan fingerprint density at radius 3 is 2.58 bits per heavy atom. The molecular weight excluding hydrogens is 258 g/mol. The van der Waals surface area contributed by atoms with E-state index in [1.165, 1.54) is 5.56 Å². The van der Waals surface area contributed by atoms with Gasteiger partial charge in [0, 0.05) is 5.56 Å². The molecule has 0 spiro atoms. The summed E-state index contributed by atoms with van der Waals surface area (Å²) < 4.78 is 5.57. The standard InChI is InChI=1S/C14H19N3OS/c1-8-5-6-11(13(18-4)9(8)2)12(17-15)14-10(3)16-7-19-14/h5-7,12,17H,15H2,1-4H3. The summed E-state index contributed by atoms with van der Waals surface area (Å²) in [5, 5.41) is 0. The summed E-state index contributed by atoms with van der Waals surface area (Å²) in [5.41, 5.74) is 9.09. The molecule has 0 aliphatic rings. The quantitative estimate of drug-likeness (QED) is 0.666. The number of aryl methyl sites for hydroxylation is 2.